The van der Waals surface area contributed by atoms with Crippen molar-refractivity contribution < 1.29 is 19.8 Å². The molecular weight excluding hydrogens is 274 g/mol. The largest absolute Gasteiger partial charge is 0.463 e. The van der Waals surface area contributed by atoms with E-state index in [0.29, 0.717) is 10.0 Å². The van der Waals surface area contributed by atoms with Crippen LogP contribution in [0, 0.1) is 0 Å². The third-order valence-corrected chi connectivity index (χ3v) is 2.93. The summed E-state index contributed by atoms with van der Waals surface area (Å²) in [5.41, 5.74) is 0.183. The van der Waals surface area contributed by atoms with E-state index in [9.17, 15) is 19.8 Å². The van der Waals surface area contributed by atoms with Gasteiger partial charge in [-0.05, 0) is 18.2 Å². The molecule has 2 N–H and O–H groups in total. The highest BCUT2D eigenvalue weighted by molar-refractivity contribution is 6.30. The number of aliphatic hydroxyl groups is 1. The van der Waals surface area contributed by atoms with Crippen LogP contribution in [0.4, 0.5) is 15.3 Å². The van der Waals surface area contributed by atoms with Gasteiger partial charge in [0.2, 0.25) is 0 Å². The van der Waals surface area contributed by atoms with Crippen LogP contribution in [0.2, 0.25) is 5.02 Å². The van der Waals surface area contributed by atoms with Gasteiger partial charge in [0, 0.05) is 12.1 Å². The highest BCUT2D eigenvalue weighted by atomic mass is 35.5. The maximum absolute atomic E-state index is 11.9. The summed E-state index contributed by atoms with van der Waals surface area (Å²) < 4.78 is 0. The predicted molar refractivity (Wildman–Crippen MR) is 67.8 cm³/mol. The van der Waals surface area contributed by atoms with Crippen LogP contribution in [0.5, 0.6) is 0 Å². The molecule has 0 saturated carbocycles. The quantitative estimate of drug-likeness (QED) is 0.861. The van der Waals surface area contributed by atoms with Crippen LogP contribution in [0.1, 0.15) is 0 Å². The summed E-state index contributed by atoms with van der Waals surface area (Å²) in [6.07, 6.45) is -2.61. The van der Waals surface area contributed by atoms with Crippen molar-refractivity contribution in [2.75, 3.05) is 18.6 Å². The number of amides is 3. The zero-order chi connectivity index (χ0) is 14.2. The maximum atomic E-state index is 11.9. The number of hydrogen-bond acceptors (Lipinski definition) is 3. The lowest BCUT2D eigenvalue weighted by Crippen LogP contribution is -2.51. The van der Waals surface area contributed by atoms with Crippen molar-refractivity contribution in [3.05, 3.63) is 29.3 Å². The third-order valence-electron chi connectivity index (χ3n) is 2.69. The summed E-state index contributed by atoms with van der Waals surface area (Å²) in [7, 11) is 1.48. The van der Waals surface area contributed by atoms with Gasteiger partial charge in [0.15, 0.2) is 6.23 Å². The molecule has 1 unspecified atom stereocenters. The van der Waals surface area contributed by atoms with Crippen molar-refractivity contribution in [1.82, 2.24) is 9.91 Å². The average Bonchev–Trinajstić information content (AvgIpc) is 2.56. The summed E-state index contributed by atoms with van der Waals surface area (Å²) in [6.45, 7) is 0.0309. The molecule has 1 fully saturated rings. The molecular formula is C11H12ClN3O4. The lowest BCUT2D eigenvalue weighted by molar-refractivity contribution is 0.0546. The molecule has 3 amide bonds. The third kappa shape index (κ3) is 2.42. The van der Waals surface area contributed by atoms with E-state index >= 15 is 0 Å². The average molecular weight is 286 g/mol. The van der Waals surface area contributed by atoms with Gasteiger partial charge in [-0.15, -0.1) is 0 Å². The van der Waals surface area contributed by atoms with E-state index < -0.39 is 18.4 Å². The van der Waals surface area contributed by atoms with Crippen molar-refractivity contribution in [3.63, 3.8) is 0 Å². The lowest BCUT2D eigenvalue weighted by atomic mass is 10.3. The van der Waals surface area contributed by atoms with Crippen LogP contribution in [0.3, 0.4) is 0 Å². The summed E-state index contributed by atoms with van der Waals surface area (Å²) in [4.78, 5) is 24.5. The van der Waals surface area contributed by atoms with E-state index in [1.807, 2.05) is 0 Å². The summed E-state index contributed by atoms with van der Waals surface area (Å²) >= 11 is 5.81. The minimum Gasteiger partial charge on any atom is -0.463 e. The molecule has 0 bridgehead atoms. The molecule has 19 heavy (non-hydrogen) atoms. The SMILES string of the molecule is CN1CC(O)N(N(C(=O)O)c2cccc(Cl)c2)C1=O. The minimum absolute atomic E-state index is 0.0309. The molecule has 7 nitrogen and oxygen atoms in total. The van der Waals surface area contributed by atoms with Crippen molar-refractivity contribution in [2.24, 2.45) is 0 Å². The van der Waals surface area contributed by atoms with Gasteiger partial charge in [0.05, 0.1) is 12.2 Å². The normalized spacial score (nSPS) is 18.9. The second-order valence-electron chi connectivity index (χ2n) is 4.06. The zero-order valence-electron chi connectivity index (χ0n) is 10.0. The Morgan fingerprint density at radius 3 is 2.68 bits per heavy atom. The standard InChI is InChI=1S/C11H12ClN3O4/c1-13-6-9(16)15(10(13)17)14(11(18)19)8-4-2-3-7(12)5-8/h2-5,9,16H,6H2,1H3,(H,18,19). The number of carbonyl (C=O) groups excluding carboxylic acids is 1. The number of hydrazine groups is 1. The maximum Gasteiger partial charge on any atom is 0.431 e. The molecule has 1 aliphatic heterocycles. The van der Waals surface area contributed by atoms with Crippen molar-refractivity contribution in [3.8, 4) is 0 Å². The Morgan fingerprint density at radius 1 is 1.53 bits per heavy atom. The first kappa shape index (κ1) is 13.4. The molecule has 0 aliphatic carbocycles. The number of likely N-dealkylation sites (N-methyl/N-ethyl adjacent to an activating group) is 1. The first-order valence-electron chi connectivity index (χ1n) is 5.42. The van der Waals surface area contributed by atoms with Crippen molar-refractivity contribution >= 4 is 29.4 Å². The van der Waals surface area contributed by atoms with Crippen molar-refractivity contribution in [2.45, 2.75) is 6.23 Å². The number of rotatable bonds is 2. The fourth-order valence-electron chi connectivity index (χ4n) is 1.86. The van der Waals surface area contributed by atoms with Gasteiger partial charge >= 0.3 is 12.1 Å². The Morgan fingerprint density at radius 2 is 2.21 bits per heavy atom. The number of β-amino-alcohol motifs (C(OH)–C–C–N with tert-alkyl or cyclic N) is 1. The summed E-state index contributed by atoms with van der Waals surface area (Å²) in [5, 5.41) is 20.9. The molecule has 102 valence electrons. The van der Waals surface area contributed by atoms with Gasteiger partial charge in [-0.3, -0.25) is 0 Å². The number of aliphatic hydroxyl groups excluding tert-OH is 1. The van der Waals surface area contributed by atoms with Crippen LogP contribution in [0.25, 0.3) is 0 Å². The monoisotopic (exact) mass is 285 g/mol. The Labute approximate surface area is 114 Å². The van der Waals surface area contributed by atoms with Crippen LogP contribution in [-0.4, -0.2) is 52.1 Å². The van der Waals surface area contributed by atoms with Crippen LogP contribution < -0.4 is 5.01 Å². The van der Waals surface area contributed by atoms with Gasteiger partial charge in [0.1, 0.15) is 0 Å². The van der Waals surface area contributed by atoms with Crippen LogP contribution in [-0.2, 0) is 0 Å². The Kier molecular flexibility index (Phi) is 3.50. The first-order valence-corrected chi connectivity index (χ1v) is 5.80. The number of carbonyl (C=O) groups is 2. The number of urea groups is 1. The van der Waals surface area contributed by atoms with E-state index in [0.717, 1.165) is 5.01 Å². The molecule has 1 aliphatic rings. The molecule has 1 saturated heterocycles. The highest BCUT2D eigenvalue weighted by Crippen LogP contribution is 2.25. The fraction of sp³-hybridized carbons (Fsp3) is 0.273. The predicted octanol–water partition coefficient (Wildman–Crippen LogP) is 1.43. The smallest absolute Gasteiger partial charge is 0.431 e. The molecule has 8 heteroatoms. The molecule has 0 aromatic heterocycles. The zero-order valence-corrected chi connectivity index (χ0v) is 10.8. The van der Waals surface area contributed by atoms with Gasteiger partial charge in [-0.25, -0.2) is 9.59 Å². The molecule has 0 spiro atoms. The Balaban J connectivity index is 2.41. The molecule has 1 aromatic carbocycles. The molecule has 2 rings (SSSR count). The number of benzene rings is 1. The number of anilines is 1. The molecule has 1 heterocycles. The first-order chi connectivity index (χ1) is 8.91. The van der Waals surface area contributed by atoms with Gasteiger partial charge < -0.3 is 15.1 Å². The second kappa shape index (κ2) is 4.94. The number of halogens is 1. The van der Waals surface area contributed by atoms with E-state index in [1.165, 1.54) is 24.1 Å². The van der Waals surface area contributed by atoms with Gasteiger partial charge in [0.25, 0.3) is 0 Å². The Bertz CT molecular complexity index is 524. The second-order valence-corrected chi connectivity index (χ2v) is 4.50. The van der Waals surface area contributed by atoms with Gasteiger partial charge in [-0.1, -0.05) is 17.7 Å². The van der Waals surface area contributed by atoms with Crippen LogP contribution in [0.15, 0.2) is 24.3 Å². The van der Waals surface area contributed by atoms with Crippen LogP contribution >= 0.6 is 11.6 Å². The molecule has 1 atom stereocenters. The highest BCUT2D eigenvalue weighted by Gasteiger charge is 2.41. The topological polar surface area (TPSA) is 84.3 Å². The fourth-order valence-corrected chi connectivity index (χ4v) is 2.04. The van der Waals surface area contributed by atoms with E-state index in [4.69, 9.17) is 11.6 Å². The van der Waals surface area contributed by atoms with Crippen molar-refractivity contribution in [1.29, 1.82) is 0 Å². The number of carboxylic acid groups (broad SMARTS) is 1. The van der Waals surface area contributed by atoms with E-state index in [-0.39, 0.29) is 12.2 Å². The minimum atomic E-state index is -1.38. The number of hydrogen-bond donors (Lipinski definition) is 2. The number of nitrogens with zero attached hydrogens (tertiary/aromatic N) is 3. The summed E-state index contributed by atoms with van der Waals surface area (Å²) in [5.74, 6) is 0. The summed E-state index contributed by atoms with van der Waals surface area (Å²) in [6, 6.07) is 5.42. The molecule has 0 radical (unpaired) electrons. The van der Waals surface area contributed by atoms with E-state index in [1.54, 1.807) is 12.1 Å². The molecule has 1 aromatic rings. The Hall–Kier alpha value is -1.99. The lowest BCUT2D eigenvalue weighted by Gasteiger charge is -2.30. The van der Waals surface area contributed by atoms with E-state index in [2.05, 4.69) is 0 Å². The van der Waals surface area contributed by atoms with Gasteiger partial charge in [-0.2, -0.15) is 10.0 Å².